The number of anilines is 3. The minimum atomic E-state index is -0.136. The zero-order valence-electron chi connectivity index (χ0n) is 35.3. The van der Waals surface area contributed by atoms with E-state index in [4.69, 9.17) is 17.2 Å². The highest BCUT2D eigenvalue weighted by Gasteiger charge is 2.37. The van der Waals surface area contributed by atoms with Crippen molar-refractivity contribution in [3.8, 4) is 27.9 Å². The van der Waals surface area contributed by atoms with Crippen molar-refractivity contribution in [1.29, 1.82) is 0 Å². The Morgan fingerprint density at radius 2 is 1.08 bits per heavy atom. The maximum absolute atomic E-state index is 6.25. The molecule has 4 nitrogen and oxygen atoms in total. The van der Waals surface area contributed by atoms with Gasteiger partial charge in [0.1, 0.15) is 5.65 Å². The van der Waals surface area contributed by atoms with Crippen LogP contribution in [0.5, 0.6) is 0 Å². The molecule has 0 amide bonds. The Labute approximate surface area is 375 Å². The van der Waals surface area contributed by atoms with E-state index in [2.05, 4.69) is 222 Å². The molecule has 0 saturated heterocycles. The number of fused-ring (bicyclic) bond motifs is 14. The van der Waals surface area contributed by atoms with Crippen LogP contribution in [-0.2, 0) is 5.41 Å². The van der Waals surface area contributed by atoms with Crippen molar-refractivity contribution >= 4 is 89.2 Å². The minimum absolute atomic E-state index is 0.136. The Balaban J connectivity index is 1.02. The average Bonchev–Trinajstić information content (AvgIpc) is 3.86. The van der Waals surface area contributed by atoms with Gasteiger partial charge in [0, 0.05) is 33.4 Å². The summed E-state index contributed by atoms with van der Waals surface area (Å²) in [5.41, 5.74) is 15.5. The van der Waals surface area contributed by atoms with Gasteiger partial charge in [0.05, 0.1) is 22.2 Å². The highest BCUT2D eigenvalue weighted by Crippen LogP contribution is 2.54. The van der Waals surface area contributed by atoms with E-state index >= 15 is 0 Å². The van der Waals surface area contributed by atoms with Crippen LogP contribution in [0.25, 0.3) is 87.8 Å². The first-order valence-electron chi connectivity index (χ1n) is 21.9. The van der Waals surface area contributed by atoms with E-state index in [1.165, 1.54) is 54.6 Å². The van der Waals surface area contributed by atoms with E-state index in [-0.39, 0.29) is 5.41 Å². The van der Waals surface area contributed by atoms with E-state index < -0.39 is 0 Å². The van der Waals surface area contributed by atoms with Crippen LogP contribution in [0.15, 0.2) is 206 Å². The molecule has 12 aromatic rings. The van der Waals surface area contributed by atoms with Crippen LogP contribution in [0.2, 0.25) is 0 Å². The summed E-state index contributed by atoms with van der Waals surface area (Å²) in [6, 6.07) is 74.9. The van der Waals surface area contributed by atoms with E-state index in [0.29, 0.717) is 4.77 Å². The Morgan fingerprint density at radius 3 is 1.84 bits per heavy atom. The summed E-state index contributed by atoms with van der Waals surface area (Å²) in [5, 5.41) is 8.60. The van der Waals surface area contributed by atoms with Gasteiger partial charge >= 0.3 is 0 Å². The van der Waals surface area contributed by atoms with E-state index in [1.807, 2.05) is 12.1 Å². The number of imidazole rings is 1. The van der Waals surface area contributed by atoms with Gasteiger partial charge in [-0.2, -0.15) is 0 Å². The number of para-hydroxylation sites is 3. The number of rotatable bonds is 5. The maximum atomic E-state index is 6.25. The van der Waals surface area contributed by atoms with Crippen molar-refractivity contribution in [3.05, 3.63) is 222 Å². The molecule has 0 bridgehead atoms. The smallest absolute Gasteiger partial charge is 0.191 e. The molecule has 0 radical (unpaired) electrons. The second kappa shape index (κ2) is 13.8. The van der Waals surface area contributed by atoms with Gasteiger partial charge in [-0.25, -0.2) is 4.98 Å². The van der Waals surface area contributed by atoms with E-state index in [1.54, 1.807) is 0 Å². The van der Waals surface area contributed by atoms with Gasteiger partial charge in [-0.05, 0) is 139 Å². The van der Waals surface area contributed by atoms with Gasteiger partial charge in [0.2, 0.25) is 0 Å². The SMILES string of the molecule is CC1(C)c2ccccc2-c2c(N(c3ccc(-c4ccc5c(c4)c4nc6ccccc6n4c(=S)n5-c4ccccc4)cc3)c3ccc4c5ccccc5c5ccccc5c4c3)cccc21. The number of hydrogen-bond donors (Lipinski definition) is 0. The van der Waals surface area contributed by atoms with Crippen molar-refractivity contribution < 1.29 is 0 Å². The molecule has 10 aromatic carbocycles. The highest BCUT2D eigenvalue weighted by atomic mass is 32.1. The van der Waals surface area contributed by atoms with Crippen molar-refractivity contribution in [2.24, 2.45) is 0 Å². The third kappa shape index (κ3) is 5.28. The van der Waals surface area contributed by atoms with E-state index in [0.717, 1.165) is 61.5 Å². The summed E-state index contributed by atoms with van der Waals surface area (Å²) in [4.78, 5) is 7.64. The van der Waals surface area contributed by atoms with Crippen molar-refractivity contribution in [1.82, 2.24) is 14.0 Å². The Hall–Kier alpha value is -7.86. The van der Waals surface area contributed by atoms with Gasteiger partial charge in [-0.1, -0.05) is 153 Å². The van der Waals surface area contributed by atoms with E-state index in [9.17, 15) is 0 Å². The largest absolute Gasteiger partial charge is 0.310 e. The van der Waals surface area contributed by atoms with Gasteiger partial charge in [0.15, 0.2) is 4.77 Å². The molecule has 2 aromatic heterocycles. The Morgan fingerprint density at radius 1 is 0.469 bits per heavy atom. The lowest BCUT2D eigenvalue weighted by atomic mass is 9.82. The van der Waals surface area contributed by atoms with Crippen LogP contribution < -0.4 is 4.90 Å². The van der Waals surface area contributed by atoms with Crippen LogP contribution >= 0.6 is 12.2 Å². The number of nitrogens with zero attached hydrogens (tertiary/aromatic N) is 4. The molecular formula is C59H40N4S. The summed E-state index contributed by atoms with van der Waals surface area (Å²) < 4.78 is 4.98. The van der Waals surface area contributed by atoms with Crippen molar-refractivity contribution in [3.63, 3.8) is 0 Å². The van der Waals surface area contributed by atoms with Gasteiger partial charge in [0.25, 0.3) is 0 Å². The average molecular weight is 837 g/mol. The quantitative estimate of drug-likeness (QED) is 0.128. The lowest BCUT2D eigenvalue weighted by molar-refractivity contribution is 0.660. The number of hydrogen-bond acceptors (Lipinski definition) is 3. The fraction of sp³-hybridized carbons (Fsp3) is 0.0508. The Kier molecular flexibility index (Phi) is 7.94. The fourth-order valence-corrected chi connectivity index (χ4v) is 11.1. The molecule has 0 atom stereocenters. The first-order chi connectivity index (χ1) is 31.4. The normalized spacial score (nSPS) is 13.0. The second-order valence-corrected chi connectivity index (χ2v) is 17.9. The molecule has 0 N–H and O–H groups in total. The van der Waals surface area contributed by atoms with Crippen LogP contribution in [0.3, 0.4) is 0 Å². The third-order valence-electron chi connectivity index (χ3n) is 13.7. The third-order valence-corrected chi connectivity index (χ3v) is 14.1. The first kappa shape index (κ1) is 36.8. The van der Waals surface area contributed by atoms with Gasteiger partial charge in [-0.3, -0.25) is 8.97 Å². The fourth-order valence-electron chi connectivity index (χ4n) is 10.7. The Bertz CT molecular complexity index is 3920. The molecule has 0 saturated carbocycles. The minimum Gasteiger partial charge on any atom is -0.310 e. The molecule has 0 spiro atoms. The predicted octanol–water partition coefficient (Wildman–Crippen LogP) is 16.1. The van der Waals surface area contributed by atoms with Crippen LogP contribution in [0, 0.1) is 4.77 Å². The highest BCUT2D eigenvalue weighted by molar-refractivity contribution is 7.71. The summed E-state index contributed by atoms with van der Waals surface area (Å²) in [6.07, 6.45) is 0. The molecular weight excluding hydrogens is 797 g/mol. The zero-order valence-corrected chi connectivity index (χ0v) is 36.1. The lowest BCUT2D eigenvalue weighted by Crippen LogP contribution is -2.16. The molecule has 302 valence electrons. The molecule has 2 heterocycles. The summed E-state index contributed by atoms with van der Waals surface area (Å²) >= 11 is 6.25. The van der Waals surface area contributed by atoms with Crippen molar-refractivity contribution in [2.75, 3.05) is 4.90 Å². The monoisotopic (exact) mass is 836 g/mol. The van der Waals surface area contributed by atoms with Gasteiger partial charge < -0.3 is 4.90 Å². The molecule has 0 aliphatic heterocycles. The molecule has 0 unspecified atom stereocenters. The van der Waals surface area contributed by atoms with Crippen LogP contribution in [0.4, 0.5) is 17.1 Å². The molecule has 0 fully saturated rings. The first-order valence-corrected chi connectivity index (χ1v) is 22.3. The maximum Gasteiger partial charge on any atom is 0.191 e. The number of aromatic nitrogens is 3. The lowest BCUT2D eigenvalue weighted by Gasteiger charge is -2.29. The summed E-state index contributed by atoms with van der Waals surface area (Å²) in [6.45, 7) is 4.71. The van der Waals surface area contributed by atoms with Crippen LogP contribution in [-0.4, -0.2) is 14.0 Å². The summed E-state index contributed by atoms with van der Waals surface area (Å²) in [5.74, 6) is 0. The second-order valence-electron chi connectivity index (χ2n) is 17.5. The predicted molar refractivity (Wildman–Crippen MR) is 271 cm³/mol. The van der Waals surface area contributed by atoms with Crippen LogP contribution in [0.1, 0.15) is 25.0 Å². The zero-order chi connectivity index (χ0) is 42.7. The number of benzene rings is 10. The topological polar surface area (TPSA) is 25.5 Å². The molecule has 64 heavy (non-hydrogen) atoms. The van der Waals surface area contributed by atoms with Crippen molar-refractivity contribution in [2.45, 2.75) is 19.3 Å². The molecule has 5 heteroatoms. The molecule has 1 aliphatic rings. The summed E-state index contributed by atoms with van der Waals surface area (Å²) in [7, 11) is 0. The molecule has 1 aliphatic carbocycles. The standard InChI is InChI=1S/C59H40N4S/c1-59(2)50-22-11-10-21-47(50)56-51(59)23-14-26-55(56)61(41-32-33-46-44-19-7-6-17-42(44)43-18-8-9-20-45(43)48(46)36-41)40-30-27-37(28-31-40)38-29-34-53-49(35-38)57-60-52-24-12-13-25-54(52)63(57)58(64)62(53)39-15-4-3-5-16-39/h3-36H,1-2H3. The van der Waals surface area contributed by atoms with Gasteiger partial charge in [-0.15, -0.1) is 0 Å². The molecule has 13 rings (SSSR count).